The second-order valence-corrected chi connectivity index (χ2v) is 7.87. The highest BCUT2D eigenvalue weighted by molar-refractivity contribution is 5.23. The SMILES string of the molecule is C[N+]1(CCC(O)(c2ccccc2)C2CCCCC2)CCCC1.[Br-]. The van der Waals surface area contributed by atoms with Crippen LogP contribution >= 0.6 is 0 Å². The molecule has 1 saturated heterocycles. The molecule has 1 aliphatic carbocycles. The van der Waals surface area contributed by atoms with Crippen molar-refractivity contribution in [1.82, 2.24) is 0 Å². The van der Waals surface area contributed by atoms with Crippen molar-refractivity contribution >= 4 is 0 Å². The number of quaternary nitrogens is 1. The van der Waals surface area contributed by atoms with Crippen molar-refractivity contribution in [3.8, 4) is 0 Å². The van der Waals surface area contributed by atoms with Crippen molar-refractivity contribution in [1.29, 1.82) is 0 Å². The molecule has 23 heavy (non-hydrogen) atoms. The third kappa shape index (κ3) is 4.37. The predicted molar refractivity (Wildman–Crippen MR) is 91.6 cm³/mol. The van der Waals surface area contributed by atoms with Gasteiger partial charge in [0.15, 0.2) is 0 Å². The fourth-order valence-corrected chi connectivity index (χ4v) is 4.65. The van der Waals surface area contributed by atoms with Gasteiger partial charge in [0, 0.05) is 19.3 Å². The molecule has 0 spiro atoms. The molecule has 130 valence electrons. The van der Waals surface area contributed by atoms with Crippen LogP contribution < -0.4 is 17.0 Å². The minimum atomic E-state index is -0.620. The Labute approximate surface area is 152 Å². The van der Waals surface area contributed by atoms with E-state index in [0.29, 0.717) is 5.92 Å². The average Bonchev–Trinajstić information content (AvgIpc) is 3.01. The number of halogens is 1. The van der Waals surface area contributed by atoms with Gasteiger partial charge >= 0.3 is 0 Å². The van der Waals surface area contributed by atoms with Crippen molar-refractivity contribution in [3.05, 3.63) is 35.9 Å². The van der Waals surface area contributed by atoms with Crippen molar-refractivity contribution in [2.24, 2.45) is 5.92 Å². The summed E-state index contributed by atoms with van der Waals surface area (Å²) in [7, 11) is 2.37. The Morgan fingerprint density at radius 3 is 2.22 bits per heavy atom. The van der Waals surface area contributed by atoms with Crippen LogP contribution in [0.15, 0.2) is 30.3 Å². The molecule has 0 aromatic heterocycles. The highest BCUT2D eigenvalue weighted by Gasteiger charge is 2.41. The van der Waals surface area contributed by atoms with Crippen LogP contribution in [0.5, 0.6) is 0 Å². The molecule has 0 amide bonds. The Morgan fingerprint density at radius 1 is 1.00 bits per heavy atom. The van der Waals surface area contributed by atoms with E-state index in [9.17, 15) is 5.11 Å². The zero-order valence-electron chi connectivity index (χ0n) is 14.5. The third-order valence-corrected chi connectivity index (χ3v) is 6.23. The lowest BCUT2D eigenvalue weighted by atomic mass is 9.71. The molecule has 3 heteroatoms. The number of hydrogen-bond donors (Lipinski definition) is 1. The standard InChI is InChI=1S/C20H32NO.BrH/c1-21(15-8-9-16-21)17-14-20(22,18-10-4-2-5-11-18)19-12-6-3-7-13-19;/h2,4-5,10-11,19,22H,3,6-9,12-17H2,1H3;1H/q+1;/p-1. The van der Waals surface area contributed by atoms with Crippen molar-refractivity contribution in [2.45, 2.75) is 57.0 Å². The highest BCUT2D eigenvalue weighted by Crippen LogP contribution is 2.42. The number of likely N-dealkylation sites (tertiary alicyclic amines) is 1. The van der Waals surface area contributed by atoms with Gasteiger partial charge in [-0.3, -0.25) is 0 Å². The number of benzene rings is 1. The van der Waals surface area contributed by atoms with Gasteiger partial charge in [0.2, 0.25) is 0 Å². The first-order valence-corrected chi connectivity index (χ1v) is 9.24. The first-order valence-electron chi connectivity index (χ1n) is 9.24. The lowest BCUT2D eigenvalue weighted by Crippen LogP contribution is -3.00. The Morgan fingerprint density at radius 2 is 1.61 bits per heavy atom. The van der Waals surface area contributed by atoms with Gasteiger partial charge in [-0.2, -0.15) is 0 Å². The zero-order chi connectivity index (χ0) is 15.5. The average molecular weight is 382 g/mol. The largest absolute Gasteiger partial charge is 1.00 e. The van der Waals surface area contributed by atoms with E-state index >= 15 is 0 Å². The molecule has 2 nitrogen and oxygen atoms in total. The van der Waals surface area contributed by atoms with Crippen LogP contribution in [0.2, 0.25) is 0 Å². The fraction of sp³-hybridized carbons (Fsp3) is 0.700. The van der Waals surface area contributed by atoms with Gasteiger partial charge in [-0.15, -0.1) is 0 Å². The van der Waals surface area contributed by atoms with E-state index in [0.717, 1.165) is 23.0 Å². The Hall–Kier alpha value is -0.380. The summed E-state index contributed by atoms with van der Waals surface area (Å²) in [6.07, 6.45) is 9.91. The summed E-state index contributed by atoms with van der Waals surface area (Å²) >= 11 is 0. The summed E-state index contributed by atoms with van der Waals surface area (Å²) in [6, 6.07) is 10.5. The molecule has 1 heterocycles. The highest BCUT2D eigenvalue weighted by atomic mass is 79.9. The van der Waals surface area contributed by atoms with Crippen LogP contribution in [-0.4, -0.2) is 36.3 Å². The number of aliphatic hydroxyl groups is 1. The van der Waals surface area contributed by atoms with E-state index in [1.165, 1.54) is 58.0 Å². The molecule has 1 atom stereocenters. The minimum absolute atomic E-state index is 0. The van der Waals surface area contributed by atoms with Crippen LogP contribution in [0, 0.1) is 5.92 Å². The molecule has 1 aromatic rings. The molecule has 2 fully saturated rings. The second-order valence-electron chi connectivity index (χ2n) is 7.87. The van der Waals surface area contributed by atoms with E-state index in [1.807, 2.05) is 0 Å². The van der Waals surface area contributed by atoms with Crippen molar-refractivity contribution < 1.29 is 26.6 Å². The summed E-state index contributed by atoms with van der Waals surface area (Å²) in [5.41, 5.74) is 0.527. The smallest absolute Gasteiger partial charge is 0.0978 e. The maximum Gasteiger partial charge on any atom is 0.0978 e. The monoisotopic (exact) mass is 381 g/mol. The lowest BCUT2D eigenvalue weighted by Gasteiger charge is -2.41. The molecular formula is C20H32BrNO. The van der Waals surface area contributed by atoms with Crippen molar-refractivity contribution in [3.63, 3.8) is 0 Å². The van der Waals surface area contributed by atoms with Gasteiger partial charge in [0.1, 0.15) is 0 Å². The zero-order valence-corrected chi connectivity index (χ0v) is 16.1. The van der Waals surface area contributed by atoms with Crippen LogP contribution in [0.25, 0.3) is 0 Å². The quantitative estimate of drug-likeness (QED) is 0.756. The van der Waals surface area contributed by atoms with Gasteiger partial charge in [-0.1, -0.05) is 49.6 Å². The summed E-state index contributed by atoms with van der Waals surface area (Å²) < 4.78 is 1.15. The molecular weight excluding hydrogens is 350 g/mol. The first-order chi connectivity index (χ1) is 10.6. The maximum atomic E-state index is 11.7. The van der Waals surface area contributed by atoms with E-state index in [-0.39, 0.29) is 17.0 Å². The molecule has 3 rings (SSSR count). The summed E-state index contributed by atoms with van der Waals surface area (Å²) in [6.45, 7) is 3.69. The third-order valence-electron chi connectivity index (χ3n) is 6.23. The van der Waals surface area contributed by atoms with Gasteiger partial charge in [-0.25, -0.2) is 0 Å². The predicted octanol–water partition coefficient (Wildman–Crippen LogP) is 1.09. The van der Waals surface area contributed by atoms with Gasteiger partial charge < -0.3 is 26.6 Å². The summed E-state index contributed by atoms with van der Waals surface area (Å²) in [5.74, 6) is 0.442. The van der Waals surface area contributed by atoms with Crippen molar-refractivity contribution in [2.75, 3.05) is 26.7 Å². The van der Waals surface area contributed by atoms with E-state index in [1.54, 1.807) is 0 Å². The molecule has 1 saturated carbocycles. The number of hydrogen-bond acceptors (Lipinski definition) is 1. The normalized spacial score (nSPS) is 23.9. The van der Waals surface area contributed by atoms with Crippen LogP contribution in [0.3, 0.4) is 0 Å². The van der Waals surface area contributed by atoms with E-state index in [4.69, 9.17) is 0 Å². The molecule has 1 aliphatic heterocycles. The van der Waals surface area contributed by atoms with Gasteiger partial charge in [0.05, 0.1) is 32.3 Å². The number of nitrogens with zero attached hydrogens (tertiary/aromatic N) is 1. The first kappa shape index (κ1) is 19.0. The topological polar surface area (TPSA) is 20.2 Å². The fourth-order valence-electron chi connectivity index (χ4n) is 4.65. The maximum absolute atomic E-state index is 11.7. The van der Waals surface area contributed by atoms with Gasteiger partial charge in [0.25, 0.3) is 0 Å². The van der Waals surface area contributed by atoms with Crippen LogP contribution in [0.1, 0.15) is 56.9 Å². The van der Waals surface area contributed by atoms with E-state index < -0.39 is 5.60 Å². The molecule has 0 radical (unpaired) electrons. The second kappa shape index (κ2) is 8.13. The van der Waals surface area contributed by atoms with Gasteiger partial charge in [-0.05, 0) is 24.3 Å². The molecule has 1 unspecified atom stereocenters. The minimum Gasteiger partial charge on any atom is -1.00 e. The molecule has 2 aliphatic rings. The van der Waals surface area contributed by atoms with Crippen LogP contribution in [0.4, 0.5) is 0 Å². The molecule has 1 N–H and O–H groups in total. The lowest BCUT2D eigenvalue weighted by molar-refractivity contribution is -0.898. The molecule has 1 aromatic carbocycles. The Balaban J connectivity index is 0.00000192. The molecule has 0 bridgehead atoms. The Kier molecular flexibility index (Phi) is 6.70. The summed E-state index contributed by atoms with van der Waals surface area (Å²) in [4.78, 5) is 0. The summed E-state index contributed by atoms with van der Waals surface area (Å²) in [5, 5.41) is 11.7. The Bertz CT molecular complexity index is 466. The van der Waals surface area contributed by atoms with E-state index in [2.05, 4.69) is 37.4 Å². The number of rotatable bonds is 5. The van der Waals surface area contributed by atoms with Crippen LogP contribution in [-0.2, 0) is 5.60 Å².